The van der Waals surface area contributed by atoms with Crippen molar-refractivity contribution in [2.24, 2.45) is 0 Å². The molecule has 20 heavy (non-hydrogen) atoms. The van der Waals surface area contributed by atoms with E-state index in [1.165, 1.54) is 13.0 Å². The molecule has 1 aromatic rings. The molecule has 2 rings (SSSR count). The van der Waals surface area contributed by atoms with E-state index in [2.05, 4.69) is 0 Å². The molecule has 1 aromatic carbocycles. The number of benzene rings is 1. The third kappa shape index (κ3) is 2.31. The molecule has 0 bridgehead atoms. The van der Waals surface area contributed by atoms with E-state index in [1.807, 2.05) is 27.7 Å². The summed E-state index contributed by atoms with van der Waals surface area (Å²) in [5.41, 5.74) is -1.13. The number of hydrogen-bond acceptors (Lipinski definition) is 4. The molecular weight excluding hydrogens is 264 g/mol. The topological polar surface area (TPSA) is 61.6 Å². The molecule has 0 unspecified atom stereocenters. The monoisotopic (exact) mass is 281 g/mol. The molecule has 1 saturated heterocycles. The average Bonchev–Trinajstić information content (AvgIpc) is 2.51. The second-order valence-corrected chi connectivity index (χ2v) is 6.01. The number of nitro groups is 1. The van der Waals surface area contributed by atoms with E-state index in [9.17, 15) is 14.5 Å². The molecule has 1 aliphatic rings. The van der Waals surface area contributed by atoms with Gasteiger partial charge in [0, 0.05) is 6.07 Å². The van der Waals surface area contributed by atoms with E-state index in [4.69, 9.17) is 9.31 Å². The number of nitro benzene ring substituents is 1. The van der Waals surface area contributed by atoms with Crippen molar-refractivity contribution in [3.8, 4) is 0 Å². The standard InChI is InChI=1S/C13H17BFNO4/c1-8-6-11(16(17)18)9(7-10(8)15)14-19-12(2,3)13(4,5)20-14/h6-7H,1-5H3. The smallest absolute Gasteiger partial charge is 0.399 e. The van der Waals surface area contributed by atoms with Crippen LogP contribution in [0.15, 0.2) is 12.1 Å². The van der Waals surface area contributed by atoms with Crippen LogP contribution in [-0.2, 0) is 9.31 Å². The second kappa shape index (κ2) is 4.53. The summed E-state index contributed by atoms with van der Waals surface area (Å²) in [6.45, 7) is 8.83. The largest absolute Gasteiger partial charge is 0.502 e. The van der Waals surface area contributed by atoms with Crippen molar-refractivity contribution >= 4 is 18.3 Å². The quantitative estimate of drug-likeness (QED) is 0.474. The van der Waals surface area contributed by atoms with Crippen LogP contribution in [0.25, 0.3) is 0 Å². The summed E-state index contributed by atoms with van der Waals surface area (Å²) in [6.07, 6.45) is 0. The molecule has 5 nitrogen and oxygen atoms in total. The van der Waals surface area contributed by atoms with E-state index in [1.54, 1.807) is 0 Å². The minimum absolute atomic E-state index is 0.108. The maximum Gasteiger partial charge on any atom is 0.502 e. The zero-order chi connectivity index (χ0) is 15.3. The van der Waals surface area contributed by atoms with E-state index >= 15 is 0 Å². The van der Waals surface area contributed by atoms with E-state index in [-0.39, 0.29) is 16.7 Å². The SMILES string of the molecule is Cc1cc([N+](=O)[O-])c(B2OC(C)(C)C(C)(C)O2)cc1F. The van der Waals surface area contributed by atoms with Gasteiger partial charge < -0.3 is 9.31 Å². The number of nitrogens with zero attached hydrogens (tertiary/aromatic N) is 1. The summed E-state index contributed by atoms with van der Waals surface area (Å²) in [4.78, 5) is 10.6. The maximum absolute atomic E-state index is 13.7. The summed E-state index contributed by atoms with van der Waals surface area (Å²) in [7, 11) is -0.949. The summed E-state index contributed by atoms with van der Waals surface area (Å²) in [5, 5.41) is 11.1. The Bertz CT molecular complexity index is 558. The lowest BCUT2D eigenvalue weighted by molar-refractivity contribution is -0.383. The van der Waals surface area contributed by atoms with E-state index < -0.39 is 29.1 Å². The zero-order valence-corrected chi connectivity index (χ0v) is 12.2. The van der Waals surface area contributed by atoms with Crippen LogP contribution >= 0.6 is 0 Å². The number of aryl methyl sites for hydroxylation is 1. The average molecular weight is 281 g/mol. The van der Waals surface area contributed by atoms with Crippen LogP contribution < -0.4 is 5.46 Å². The molecule has 0 aromatic heterocycles. The molecule has 1 fully saturated rings. The van der Waals surface area contributed by atoms with Crippen LogP contribution in [0.3, 0.4) is 0 Å². The Balaban J connectivity index is 2.49. The van der Waals surface area contributed by atoms with Crippen LogP contribution in [-0.4, -0.2) is 23.2 Å². The fraction of sp³-hybridized carbons (Fsp3) is 0.538. The maximum atomic E-state index is 13.7. The van der Waals surface area contributed by atoms with Crippen molar-refractivity contribution in [3.05, 3.63) is 33.6 Å². The minimum Gasteiger partial charge on any atom is -0.399 e. The summed E-state index contributed by atoms with van der Waals surface area (Å²) in [5.74, 6) is -0.514. The lowest BCUT2D eigenvalue weighted by Gasteiger charge is -2.32. The highest BCUT2D eigenvalue weighted by atomic mass is 19.1. The van der Waals surface area contributed by atoms with Gasteiger partial charge in [0.2, 0.25) is 0 Å². The molecule has 7 heteroatoms. The highest BCUT2D eigenvalue weighted by Crippen LogP contribution is 2.37. The fourth-order valence-corrected chi connectivity index (χ4v) is 2.00. The van der Waals surface area contributed by atoms with Gasteiger partial charge in [-0.25, -0.2) is 4.39 Å². The first-order valence-corrected chi connectivity index (χ1v) is 6.35. The molecule has 0 amide bonds. The van der Waals surface area contributed by atoms with Gasteiger partial charge in [0.05, 0.1) is 21.6 Å². The number of halogens is 1. The minimum atomic E-state index is -0.949. The van der Waals surface area contributed by atoms with Crippen LogP contribution in [0.1, 0.15) is 33.3 Å². The summed E-state index contributed by atoms with van der Waals surface area (Å²) < 4.78 is 25.2. The Labute approximate surface area is 117 Å². The fourth-order valence-electron chi connectivity index (χ4n) is 2.00. The van der Waals surface area contributed by atoms with Gasteiger partial charge in [-0.05, 0) is 46.2 Å². The van der Waals surface area contributed by atoms with Crippen molar-refractivity contribution < 1.29 is 18.6 Å². The third-order valence-electron chi connectivity index (χ3n) is 4.01. The number of hydrogen-bond donors (Lipinski definition) is 0. The lowest BCUT2D eigenvalue weighted by Crippen LogP contribution is -2.41. The van der Waals surface area contributed by atoms with Crippen molar-refractivity contribution in [1.29, 1.82) is 0 Å². The van der Waals surface area contributed by atoms with Crippen molar-refractivity contribution in [1.82, 2.24) is 0 Å². The molecule has 1 aliphatic heterocycles. The van der Waals surface area contributed by atoms with Gasteiger partial charge in [-0.3, -0.25) is 10.1 Å². The Morgan fingerprint density at radius 3 is 2.15 bits per heavy atom. The Morgan fingerprint density at radius 1 is 1.20 bits per heavy atom. The van der Waals surface area contributed by atoms with Gasteiger partial charge in [-0.1, -0.05) is 0 Å². The first kappa shape index (κ1) is 14.9. The molecule has 0 saturated carbocycles. The van der Waals surface area contributed by atoms with Crippen molar-refractivity contribution in [3.63, 3.8) is 0 Å². The van der Waals surface area contributed by atoms with Gasteiger partial charge in [-0.2, -0.15) is 0 Å². The zero-order valence-electron chi connectivity index (χ0n) is 12.2. The first-order valence-electron chi connectivity index (χ1n) is 6.35. The van der Waals surface area contributed by atoms with Crippen molar-refractivity contribution in [2.45, 2.75) is 45.8 Å². The molecule has 0 radical (unpaired) electrons. The van der Waals surface area contributed by atoms with Gasteiger partial charge >= 0.3 is 7.12 Å². The molecule has 108 valence electrons. The van der Waals surface area contributed by atoms with Crippen LogP contribution in [0, 0.1) is 22.9 Å². The molecule has 0 spiro atoms. The lowest BCUT2D eigenvalue weighted by atomic mass is 9.77. The van der Waals surface area contributed by atoms with Gasteiger partial charge in [-0.15, -0.1) is 0 Å². The van der Waals surface area contributed by atoms with Crippen LogP contribution in [0.5, 0.6) is 0 Å². The molecule has 0 aliphatic carbocycles. The highest BCUT2D eigenvalue weighted by molar-refractivity contribution is 6.63. The Morgan fingerprint density at radius 2 is 1.70 bits per heavy atom. The Hall–Kier alpha value is -1.47. The number of rotatable bonds is 2. The normalized spacial score (nSPS) is 20.2. The van der Waals surface area contributed by atoms with Crippen LogP contribution in [0.4, 0.5) is 10.1 Å². The molecule has 1 heterocycles. The molecule has 0 atom stereocenters. The predicted molar refractivity (Wildman–Crippen MR) is 73.5 cm³/mol. The summed E-state index contributed by atoms with van der Waals surface area (Å²) in [6, 6.07) is 2.32. The van der Waals surface area contributed by atoms with Gasteiger partial charge in [0.25, 0.3) is 5.69 Å². The van der Waals surface area contributed by atoms with Gasteiger partial charge in [0.15, 0.2) is 0 Å². The highest BCUT2D eigenvalue weighted by Gasteiger charge is 2.53. The molecular formula is C13H17BFNO4. The van der Waals surface area contributed by atoms with E-state index in [0.29, 0.717) is 0 Å². The van der Waals surface area contributed by atoms with Crippen LogP contribution in [0.2, 0.25) is 0 Å². The van der Waals surface area contributed by atoms with E-state index in [0.717, 1.165) is 6.07 Å². The van der Waals surface area contributed by atoms with Gasteiger partial charge in [0.1, 0.15) is 5.82 Å². The second-order valence-electron chi connectivity index (χ2n) is 6.01. The third-order valence-corrected chi connectivity index (χ3v) is 4.01. The van der Waals surface area contributed by atoms with Crippen molar-refractivity contribution in [2.75, 3.05) is 0 Å². The first-order chi connectivity index (χ1) is 9.05. The Kier molecular flexibility index (Phi) is 3.38. The molecule has 0 N–H and O–H groups in total. The summed E-state index contributed by atoms with van der Waals surface area (Å²) >= 11 is 0. The predicted octanol–water partition coefficient (Wildman–Crippen LogP) is 2.34.